The quantitative estimate of drug-likeness (QED) is 0.437. The minimum atomic E-state index is 0.206. The molecule has 1 rings (SSSR count). The molecule has 0 aliphatic heterocycles. The molecule has 0 atom stereocenters. The highest BCUT2D eigenvalue weighted by Gasteiger charge is 1.94. The van der Waals surface area contributed by atoms with Crippen LogP contribution in [0.25, 0.3) is 0 Å². The molecule has 0 radical (unpaired) electrons. The summed E-state index contributed by atoms with van der Waals surface area (Å²) in [6.45, 7) is 3.98. The fourth-order valence-corrected chi connectivity index (χ4v) is 1.38. The van der Waals surface area contributed by atoms with Gasteiger partial charge in [0.05, 0.1) is 6.10 Å². The van der Waals surface area contributed by atoms with Crippen molar-refractivity contribution in [3.63, 3.8) is 0 Å². The van der Waals surface area contributed by atoms with Crippen LogP contribution in [0.15, 0.2) is 29.2 Å². The SMILES string of the molecule is Bc1ccc(SNOC(C)C)cc1. The van der Waals surface area contributed by atoms with Crippen molar-refractivity contribution < 1.29 is 4.84 Å². The Morgan fingerprint density at radius 3 is 2.46 bits per heavy atom. The molecule has 0 aromatic heterocycles. The number of benzene rings is 1. The summed E-state index contributed by atoms with van der Waals surface area (Å²) in [5.41, 5.74) is 1.27. The zero-order chi connectivity index (χ0) is 9.68. The Morgan fingerprint density at radius 1 is 1.31 bits per heavy atom. The van der Waals surface area contributed by atoms with E-state index in [1.165, 1.54) is 17.4 Å². The van der Waals surface area contributed by atoms with Crippen LogP contribution in [0.5, 0.6) is 0 Å². The lowest BCUT2D eigenvalue weighted by Gasteiger charge is -2.07. The largest absolute Gasteiger partial charge is 0.288 e. The van der Waals surface area contributed by atoms with Gasteiger partial charge in [0.1, 0.15) is 7.85 Å². The average Bonchev–Trinajstić information content (AvgIpc) is 2.08. The number of rotatable bonds is 4. The molecule has 0 heterocycles. The van der Waals surface area contributed by atoms with Gasteiger partial charge in [-0.3, -0.25) is 4.84 Å². The van der Waals surface area contributed by atoms with Crippen LogP contribution in [0.1, 0.15) is 13.8 Å². The van der Waals surface area contributed by atoms with E-state index < -0.39 is 0 Å². The fourth-order valence-electron chi connectivity index (χ4n) is 0.775. The Hall–Kier alpha value is -0.445. The molecule has 0 aliphatic carbocycles. The normalized spacial score (nSPS) is 10.7. The lowest BCUT2D eigenvalue weighted by atomic mass is 9.97. The van der Waals surface area contributed by atoms with Crippen LogP contribution >= 0.6 is 11.9 Å². The second-order valence-electron chi connectivity index (χ2n) is 3.17. The number of hydrogen-bond donors (Lipinski definition) is 1. The molecule has 0 fully saturated rings. The summed E-state index contributed by atoms with van der Waals surface area (Å²) in [5, 5.41) is 0. The van der Waals surface area contributed by atoms with E-state index in [2.05, 4.69) is 37.0 Å². The van der Waals surface area contributed by atoms with E-state index in [0.717, 1.165) is 4.90 Å². The minimum absolute atomic E-state index is 0.206. The van der Waals surface area contributed by atoms with Gasteiger partial charge in [0.15, 0.2) is 0 Å². The molecule has 4 heteroatoms. The van der Waals surface area contributed by atoms with E-state index in [1.54, 1.807) is 0 Å². The van der Waals surface area contributed by atoms with Gasteiger partial charge < -0.3 is 0 Å². The number of nitrogens with one attached hydrogen (secondary N) is 1. The van der Waals surface area contributed by atoms with Crippen LogP contribution in [-0.4, -0.2) is 14.0 Å². The van der Waals surface area contributed by atoms with Gasteiger partial charge in [0.2, 0.25) is 0 Å². The summed E-state index contributed by atoms with van der Waals surface area (Å²) < 4.78 is 0. The first-order valence-electron chi connectivity index (χ1n) is 4.32. The minimum Gasteiger partial charge on any atom is -0.288 e. The molecule has 0 bridgehead atoms. The monoisotopic (exact) mass is 195 g/mol. The van der Waals surface area contributed by atoms with Crippen LogP contribution < -0.4 is 10.3 Å². The summed E-state index contributed by atoms with van der Waals surface area (Å²) >= 11 is 1.49. The van der Waals surface area contributed by atoms with Crippen molar-refractivity contribution in [2.24, 2.45) is 0 Å². The molecular weight excluding hydrogens is 181 g/mol. The fraction of sp³-hybridized carbons (Fsp3) is 0.333. The Bertz CT molecular complexity index is 250. The zero-order valence-corrected chi connectivity index (χ0v) is 9.02. The van der Waals surface area contributed by atoms with Crippen molar-refractivity contribution in [1.82, 2.24) is 4.89 Å². The molecular formula is C9H14BNOS. The van der Waals surface area contributed by atoms with Gasteiger partial charge in [-0.25, -0.2) is 0 Å². The van der Waals surface area contributed by atoms with E-state index in [-0.39, 0.29) is 6.10 Å². The third-order valence-electron chi connectivity index (χ3n) is 1.46. The Kier molecular flexibility index (Phi) is 4.35. The summed E-state index contributed by atoms with van der Waals surface area (Å²) in [6.07, 6.45) is 0.206. The topological polar surface area (TPSA) is 21.3 Å². The van der Waals surface area contributed by atoms with Gasteiger partial charge in [-0.15, -0.1) is 4.89 Å². The predicted octanol–water partition coefficient (Wildman–Crippen LogP) is 0.882. The molecule has 0 amide bonds. The molecule has 0 saturated carbocycles. The second-order valence-corrected chi connectivity index (χ2v) is 4.01. The van der Waals surface area contributed by atoms with Crippen LogP contribution in [0.2, 0.25) is 0 Å². The van der Waals surface area contributed by atoms with Crippen molar-refractivity contribution >= 4 is 25.3 Å². The van der Waals surface area contributed by atoms with Gasteiger partial charge in [-0.2, -0.15) is 0 Å². The van der Waals surface area contributed by atoms with Crippen molar-refractivity contribution in [3.8, 4) is 0 Å². The maximum Gasteiger partial charge on any atom is 0.139 e. The second kappa shape index (κ2) is 5.32. The average molecular weight is 195 g/mol. The van der Waals surface area contributed by atoms with E-state index >= 15 is 0 Å². The standard InChI is InChI=1S/C9H14BNOS/c1-7(2)12-11-13-9-5-3-8(10)4-6-9/h3-7,11H,10H2,1-2H3. The van der Waals surface area contributed by atoms with Crippen LogP contribution in [0.4, 0.5) is 0 Å². The molecule has 0 saturated heterocycles. The van der Waals surface area contributed by atoms with E-state index in [0.29, 0.717) is 0 Å². The van der Waals surface area contributed by atoms with Crippen LogP contribution in [-0.2, 0) is 4.84 Å². The van der Waals surface area contributed by atoms with Crippen LogP contribution in [0.3, 0.4) is 0 Å². The summed E-state index contributed by atoms with van der Waals surface area (Å²) in [5.74, 6) is 0. The van der Waals surface area contributed by atoms with Gasteiger partial charge >= 0.3 is 0 Å². The smallest absolute Gasteiger partial charge is 0.139 e. The van der Waals surface area contributed by atoms with E-state index in [1.807, 2.05) is 13.8 Å². The van der Waals surface area contributed by atoms with Gasteiger partial charge in [0, 0.05) is 4.90 Å². The first-order chi connectivity index (χ1) is 6.18. The molecule has 13 heavy (non-hydrogen) atoms. The van der Waals surface area contributed by atoms with Crippen LogP contribution in [0, 0.1) is 0 Å². The third kappa shape index (κ3) is 4.36. The molecule has 1 aromatic rings. The van der Waals surface area contributed by atoms with Gasteiger partial charge in [0.25, 0.3) is 0 Å². The highest BCUT2D eigenvalue weighted by Crippen LogP contribution is 2.12. The molecule has 0 aliphatic rings. The predicted molar refractivity (Wildman–Crippen MR) is 59.8 cm³/mol. The molecule has 1 N–H and O–H groups in total. The zero-order valence-electron chi connectivity index (χ0n) is 8.20. The lowest BCUT2D eigenvalue weighted by molar-refractivity contribution is 0.0473. The maximum atomic E-state index is 5.19. The third-order valence-corrected chi connectivity index (χ3v) is 2.15. The van der Waals surface area contributed by atoms with E-state index in [9.17, 15) is 0 Å². The summed E-state index contributed by atoms with van der Waals surface area (Å²) in [7, 11) is 2.08. The Balaban J connectivity index is 2.33. The highest BCUT2D eigenvalue weighted by molar-refractivity contribution is 7.97. The summed E-state index contributed by atoms with van der Waals surface area (Å²) in [4.78, 5) is 9.18. The van der Waals surface area contributed by atoms with Crippen molar-refractivity contribution in [1.29, 1.82) is 0 Å². The first kappa shape index (κ1) is 10.6. The highest BCUT2D eigenvalue weighted by atomic mass is 32.2. The van der Waals surface area contributed by atoms with Crippen molar-refractivity contribution in [2.75, 3.05) is 0 Å². The van der Waals surface area contributed by atoms with E-state index in [4.69, 9.17) is 4.84 Å². The Morgan fingerprint density at radius 2 is 1.92 bits per heavy atom. The van der Waals surface area contributed by atoms with Gasteiger partial charge in [-0.1, -0.05) is 17.6 Å². The lowest BCUT2D eigenvalue weighted by Crippen LogP contribution is -2.12. The molecule has 0 spiro atoms. The molecule has 0 unspecified atom stereocenters. The van der Waals surface area contributed by atoms with Gasteiger partial charge in [-0.05, 0) is 37.9 Å². The van der Waals surface area contributed by atoms with Crippen molar-refractivity contribution in [3.05, 3.63) is 24.3 Å². The van der Waals surface area contributed by atoms with Crippen molar-refractivity contribution in [2.45, 2.75) is 24.8 Å². The number of hydrogen-bond acceptors (Lipinski definition) is 3. The Labute approximate surface area is 84.6 Å². The summed E-state index contributed by atoms with van der Waals surface area (Å²) in [6, 6.07) is 8.30. The maximum absolute atomic E-state index is 5.19. The molecule has 1 aromatic carbocycles. The molecule has 70 valence electrons. The first-order valence-corrected chi connectivity index (χ1v) is 5.14. The molecule has 2 nitrogen and oxygen atoms in total.